The SMILES string of the molecule is CS(=O)(=O)c1cccc(OCc2cccc(F)c2Br)c1. The van der Waals surface area contributed by atoms with E-state index in [9.17, 15) is 12.8 Å². The van der Waals surface area contributed by atoms with E-state index >= 15 is 0 Å². The summed E-state index contributed by atoms with van der Waals surface area (Å²) in [6.07, 6.45) is 1.13. The van der Waals surface area contributed by atoms with Gasteiger partial charge in [-0.1, -0.05) is 18.2 Å². The van der Waals surface area contributed by atoms with Gasteiger partial charge in [-0.2, -0.15) is 0 Å². The minimum absolute atomic E-state index is 0.144. The maximum atomic E-state index is 13.3. The second-order valence-electron chi connectivity index (χ2n) is 4.25. The standard InChI is InChI=1S/C14H12BrFO3S/c1-20(17,18)12-6-3-5-11(8-12)19-9-10-4-2-7-13(16)14(10)15/h2-8H,9H2,1H3. The lowest BCUT2D eigenvalue weighted by Gasteiger charge is -2.09. The molecule has 0 spiro atoms. The summed E-state index contributed by atoms with van der Waals surface area (Å²) in [6, 6.07) is 10.9. The van der Waals surface area contributed by atoms with Crippen LogP contribution in [-0.4, -0.2) is 14.7 Å². The summed E-state index contributed by atoms with van der Waals surface area (Å²) in [5, 5.41) is 0. The molecule has 0 atom stereocenters. The molecule has 0 heterocycles. The van der Waals surface area contributed by atoms with E-state index in [1.54, 1.807) is 24.3 Å². The van der Waals surface area contributed by atoms with Crippen molar-refractivity contribution in [3.63, 3.8) is 0 Å². The first-order chi connectivity index (χ1) is 9.38. The Morgan fingerprint density at radius 2 is 1.90 bits per heavy atom. The Balaban J connectivity index is 2.18. The lowest BCUT2D eigenvalue weighted by atomic mass is 10.2. The Morgan fingerprint density at radius 3 is 2.60 bits per heavy atom. The Labute approximate surface area is 125 Å². The van der Waals surface area contributed by atoms with Crippen LogP contribution in [0.25, 0.3) is 0 Å². The Kier molecular flexibility index (Phi) is 4.45. The molecule has 0 bridgehead atoms. The number of ether oxygens (including phenoxy) is 1. The van der Waals surface area contributed by atoms with Crippen molar-refractivity contribution in [1.29, 1.82) is 0 Å². The molecule has 6 heteroatoms. The van der Waals surface area contributed by atoms with Gasteiger partial charge in [0.05, 0.1) is 9.37 Å². The van der Waals surface area contributed by atoms with Crippen LogP contribution in [0, 0.1) is 5.82 Å². The van der Waals surface area contributed by atoms with Crippen LogP contribution in [0.15, 0.2) is 51.8 Å². The molecular formula is C14H12BrFO3S. The monoisotopic (exact) mass is 358 g/mol. The molecule has 0 aliphatic rings. The van der Waals surface area contributed by atoms with Crippen LogP contribution in [0.3, 0.4) is 0 Å². The summed E-state index contributed by atoms with van der Waals surface area (Å²) >= 11 is 3.15. The first kappa shape index (κ1) is 15.0. The summed E-state index contributed by atoms with van der Waals surface area (Å²) < 4.78 is 42.1. The third-order valence-corrected chi connectivity index (χ3v) is 4.66. The van der Waals surface area contributed by atoms with Crippen LogP contribution in [-0.2, 0) is 16.4 Å². The number of rotatable bonds is 4. The fourth-order valence-electron chi connectivity index (χ4n) is 1.62. The molecule has 0 saturated heterocycles. The molecule has 20 heavy (non-hydrogen) atoms. The van der Waals surface area contributed by atoms with Gasteiger partial charge in [0.2, 0.25) is 0 Å². The van der Waals surface area contributed by atoms with Crippen LogP contribution in [0.5, 0.6) is 5.75 Å². The van der Waals surface area contributed by atoms with E-state index in [2.05, 4.69) is 15.9 Å². The molecule has 0 aromatic heterocycles. The molecule has 0 saturated carbocycles. The highest BCUT2D eigenvalue weighted by atomic mass is 79.9. The van der Waals surface area contributed by atoms with Crippen molar-refractivity contribution in [1.82, 2.24) is 0 Å². The summed E-state index contributed by atoms with van der Waals surface area (Å²) in [5.74, 6) is 0.0556. The third-order valence-electron chi connectivity index (χ3n) is 2.66. The van der Waals surface area contributed by atoms with Gasteiger partial charge in [0.15, 0.2) is 9.84 Å². The number of sulfone groups is 1. The Morgan fingerprint density at radius 1 is 1.20 bits per heavy atom. The number of halogens is 2. The van der Waals surface area contributed by atoms with E-state index in [4.69, 9.17) is 4.74 Å². The molecule has 3 nitrogen and oxygen atoms in total. The molecule has 0 fully saturated rings. The molecule has 0 aliphatic carbocycles. The summed E-state index contributed by atoms with van der Waals surface area (Å²) in [6.45, 7) is 0.144. The minimum atomic E-state index is -3.27. The van der Waals surface area contributed by atoms with Gasteiger partial charge in [-0.15, -0.1) is 0 Å². The topological polar surface area (TPSA) is 43.4 Å². The van der Waals surface area contributed by atoms with Gasteiger partial charge in [0, 0.05) is 11.8 Å². The maximum Gasteiger partial charge on any atom is 0.175 e. The molecule has 0 N–H and O–H groups in total. The first-order valence-corrected chi connectivity index (χ1v) is 8.42. The molecule has 2 rings (SSSR count). The van der Waals surface area contributed by atoms with Crippen LogP contribution >= 0.6 is 15.9 Å². The van der Waals surface area contributed by atoms with E-state index < -0.39 is 9.84 Å². The highest BCUT2D eigenvalue weighted by molar-refractivity contribution is 9.10. The molecule has 2 aromatic carbocycles. The fourth-order valence-corrected chi connectivity index (χ4v) is 2.65. The van der Waals surface area contributed by atoms with E-state index in [0.29, 0.717) is 15.8 Å². The van der Waals surface area contributed by atoms with Gasteiger partial charge in [0.1, 0.15) is 18.2 Å². The van der Waals surface area contributed by atoms with Crippen molar-refractivity contribution < 1.29 is 17.5 Å². The van der Waals surface area contributed by atoms with Crippen LogP contribution < -0.4 is 4.74 Å². The lowest BCUT2D eigenvalue weighted by molar-refractivity contribution is 0.304. The summed E-state index contributed by atoms with van der Waals surface area (Å²) in [4.78, 5) is 0.188. The average Bonchev–Trinajstić information content (AvgIpc) is 2.40. The molecule has 106 valence electrons. The zero-order valence-corrected chi connectivity index (χ0v) is 13.0. The van der Waals surface area contributed by atoms with Crippen LogP contribution in [0.2, 0.25) is 0 Å². The second-order valence-corrected chi connectivity index (χ2v) is 7.06. The van der Waals surface area contributed by atoms with E-state index in [-0.39, 0.29) is 17.3 Å². The predicted octanol–water partition coefficient (Wildman–Crippen LogP) is 3.57. The van der Waals surface area contributed by atoms with Gasteiger partial charge in [-0.05, 0) is 40.2 Å². The van der Waals surface area contributed by atoms with Gasteiger partial charge in [-0.3, -0.25) is 0 Å². The zero-order valence-electron chi connectivity index (χ0n) is 10.6. The molecule has 0 amide bonds. The molecule has 0 radical (unpaired) electrons. The quantitative estimate of drug-likeness (QED) is 0.838. The fraction of sp³-hybridized carbons (Fsp3) is 0.143. The van der Waals surface area contributed by atoms with Gasteiger partial charge in [-0.25, -0.2) is 12.8 Å². The highest BCUT2D eigenvalue weighted by Gasteiger charge is 2.09. The maximum absolute atomic E-state index is 13.3. The Bertz CT molecular complexity index is 729. The van der Waals surface area contributed by atoms with E-state index in [1.165, 1.54) is 18.2 Å². The van der Waals surface area contributed by atoms with Gasteiger partial charge < -0.3 is 4.74 Å². The van der Waals surface area contributed by atoms with Crippen LogP contribution in [0.1, 0.15) is 5.56 Å². The number of benzene rings is 2. The first-order valence-electron chi connectivity index (χ1n) is 5.74. The number of hydrogen-bond acceptors (Lipinski definition) is 3. The summed E-state index contributed by atoms with van der Waals surface area (Å²) in [5.41, 5.74) is 0.648. The van der Waals surface area contributed by atoms with Crippen molar-refractivity contribution in [2.75, 3.05) is 6.26 Å². The summed E-state index contributed by atoms with van der Waals surface area (Å²) in [7, 11) is -3.27. The van der Waals surface area contributed by atoms with E-state index in [0.717, 1.165) is 6.26 Å². The van der Waals surface area contributed by atoms with Crippen molar-refractivity contribution >= 4 is 25.8 Å². The average molecular weight is 359 g/mol. The van der Waals surface area contributed by atoms with Crippen molar-refractivity contribution in [3.8, 4) is 5.75 Å². The normalized spacial score (nSPS) is 11.3. The van der Waals surface area contributed by atoms with Crippen molar-refractivity contribution in [2.45, 2.75) is 11.5 Å². The lowest BCUT2D eigenvalue weighted by Crippen LogP contribution is -2.00. The highest BCUT2D eigenvalue weighted by Crippen LogP contribution is 2.23. The largest absolute Gasteiger partial charge is 0.489 e. The number of hydrogen-bond donors (Lipinski definition) is 0. The van der Waals surface area contributed by atoms with Gasteiger partial charge >= 0.3 is 0 Å². The zero-order chi connectivity index (χ0) is 14.8. The molecular weight excluding hydrogens is 347 g/mol. The Hall–Kier alpha value is -1.40. The second kappa shape index (κ2) is 5.93. The smallest absolute Gasteiger partial charge is 0.175 e. The van der Waals surface area contributed by atoms with Crippen LogP contribution in [0.4, 0.5) is 4.39 Å². The van der Waals surface area contributed by atoms with Gasteiger partial charge in [0.25, 0.3) is 0 Å². The molecule has 0 aliphatic heterocycles. The van der Waals surface area contributed by atoms with Crippen molar-refractivity contribution in [3.05, 3.63) is 58.3 Å². The third kappa shape index (κ3) is 3.58. The minimum Gasteiger partial charge on any atom is -0.489 e. The molecule has 2 aromatic rings. The molecule has 0 unspecified atom stereocenters. The predicted molar refractivity (Wildman–Crippen MR) is 78.0 cm³/mol. The van der Waals surface area contributed by atoms with Crippen molar-refractivity contribution in [2.24, 2.45) is 0 Å². The van der Waals surface area contributed by atoms with E-state index in [1.807, 2.05) is 0 Å².